The van der Waals surface area contributed by atoms with Gasteiger partial charge >= 0.3 is 0 Å². The summed E-state index contributed by atoms with van der Waals surface area (Å²) in [5, 5.41) is 0. The van der Waals surface area contributed by atoms with Crippen molar-refractivity contribution in [3.63, 3.8) is 0 Å². The normalized spacial score (nSPS) is 18.4. The van der Waals surface area contributed by atoms with Crippen LogP contribution in [0.4, 0.5) is 0 Å². The van der Waals surface area contributed by atoms with Crippen LogP contribution in [-0.4, -0.2) is 20.2 Å². The molecule has 2 aromatic carbocycles. The van der Waals surface area contributed by atoms with E-state index in [0.29, 0.717) is 11.7 Å². The third-order valence-electron chi connectivity index (χ3n) is 6.60. The number of hydrogen-bond donors (Lipinski definition) is 0. The molecule has 1 aliphatic carbocycles. The maximum atomic E-state index is 5.58. The number of benzene rings is 2. The van der Waals surface area contributed by atoms with Crippen molar-refractivity contribution in [3.8, 4) is 17.1 Å². The molecular weight excluding hydrogens is 384 g/mol. The first-order valence-corrected chi connectivity index (χ1v) is 11.0. The molecule has 0 saturated heterocycles. The molecule has 0 radical (unpaired) electrons. The molecule has 1 fully saturated rings. The van der Waals surface area contributed by atoms with E-state index in [4.69, 9.17) is 9.41 Å². The van der Waals surface area contributed by atoms with Crippen LogP contribution in [0.25, 0.3) is 17.1 Å². The van der Waals surface area contributed by atoms with Gasteiger partial charge in [0.15, 0.2) is 12.2 Å². The van der Waals surface area contributed by atoms with E-state index >= 15 is 0 Å². The summed E-state index contributed by atoms with van der Waals surface area (Å²) in [7, 11) is 0. The van der Waals surface area contributed by atoms with Gasteiger partial charge in [0.05, 0.1) is 29.3 Å². The number of aliphatic imine (C=N–C) groups is 1. The Balaban J connectivity index is 1.59. The van der Waals surface area contributed by atoms with Crippen LogP contribution in [0.1, 0.15) is 67.0 Å². The molecule has 6 rings (SSSR count). The van der Waals surface area contributed by atoms with Crippen molar-refractivity contribution < 1.29 is 4.42 Å². The minimum atomic E-state index is -0.0832. The summed E-state index contributed by atoms with van der Waals surface area (Å²) in [5.74, 6) is 1.32. The number of fused-ring (bicyclic) bond motifs is 3. The van der Waals surface area contributed by atoms with Crippen molar-refractivity contribution in [1.82, 2.24) is 14.5 Å². The van der Waals surface area contributed by atoms with Crippen molar-refractivity contribution in [2.45, 2.75) is 44.6 Å². The number of aromatic nitrogens is 3. The molecule has 0 spiro atoms. The lowest BCUT2D eigenvalue weighted by molar-refractivity contribution is 0.568. The SMILES string of the molecule is C[C@H]1N=C(c2ccccc2)c2cc(C3CCCC3)ccc2-n2cnc(-c3cnco3)c21. The summed E-state index contributed by atoms with van der Waals surface area (Å²) >= 11 is 0. The first-order chi connectivity index (χ1) is 15.3. The molecule has 5 heteroatoms. The quantitative estimate of drug-likeness (QED) is 0.412. The monoisotopic (exact) mass is 408 g/mol. The second-order valence-electron chi connectivity index (χ2n) is 8.49. The Bertz CT molecular complexity index is 1250. The summed E-state index contributed by atoms with van der Waals surface area (Å²) in [6.45, 7) is 2.13. The number of nitrogens with zero attached hydrogens (tertiary/aromatic N) is 4. The molecule has 1 aliphatic heterocycles. The van der Waals surface area contributed by atoms with Gasteiger partial charge in [0.2, 0.25) is 0 Å². The third-order valence-corrected chi connectivity index (χ3v) is 6.60. The highest BCUT2D eigenvalue weighted by Gasteiger charge is 2.28. The summed E-state index contributed by atoms with van der Waals surface area (Å²) in [5.41, 5.74) is 7.71. The van der Waals surface area contributed by atoms with E-state index in [2.05, 4.69) is 70.0 Å². The van der Waals surface area contributed by atoms with Gasteiger partial charge in [-0.15, -0.1) is 0 Å². The molecular formula is C26H24N4O. The molecule has 0 amide bonds. The molecule has 0 unspecified atom stereocenters. The van der Waals surface area contributed by atoms with Crippen molar-refractivity contribution in [2.24, 2.45) is 4.99 Å². The highest BCUT2D eigenvalue weighted by Crippen LogP contribution is 2.39. The average Bonchev–Trinajstić information content (AvgIpc) is 3.57. The zero-order valence-electron chi connectivity index (χ0n) is 17.5. The summed E-state index contributed by atoms with van der Waals surface area (Å²) in [6.07, 6.45) is 10.3. The van der Waals surface area contributed by atoms with Gasteiger partial charge < -0.3 is 4.42 Å². The van der Waals surface area contributed by atoms with Crippen molar-refractivity contribution >= 4 is 5.71 Å². The Labute approximate surface area is 181 Å². The van der Waals surface area contributed by atoms with Crippen LogP contribution in [-0.2, 0) is 0 Å². The van der Waals surface area contributed by atoms with Gasteiger partial charge in [-0.1, -0.05) is 49.2 Å². The average molecular weight is 409 g/mol. The first-order valence-electron chi connectivity index (χ1n) is 11.0. The van der Waals surface area contributed by atoms with Crippen molar-refractivity contribution in [1.29, 1.82) is 0 Å². The highest BCUT2D eigenvalue weighted by molar-refractivity contribution is 6.15. The lowest BCUT2D eigenvalue weighted by atomic mass is 9.92. The van der Waals surface area contributed by atoms with Crippen LogP contribution in [0.15, 0.2) is 76.9 Å². The largest absolute Gasteiger partial charge is 0.442 e. The molecule has 154 valence electrons. The van der Waals surface area contributed by atoms with Crippen LogP contribution >= 0.6 is 0 Å². The van der Waals surface area contributed by atoms with Crippen LogP contribution in [0.3, 0.4) is 0 Å². The number of rotatable bonds is 3. The fourth-order valence-corrected chi connectivity index (χ4v) is 5.09. The molecule has 31 heavy (non-hydrogen) atoms. The van der Waals surface area contributed by atoms with E-state index < -0.39 is 0 Å². The van der Waals surface area contributed by atoms with Gasteiger partial charge in [-0.05, 0) is 43.4 Å². The lowest BCUT2D eigenvalue weighted by Gasteiger charge is -2.16. The molecule has 5 nitrogen and oxygen atoms in total. The highest BCUT2D eigenvalue weighted by atomic mass is 16.3. The van der Waals surface area contributed by atoms with Crippen LogP contribution in [0.5, 0.6) is 0 Å². The predicted octanol–water partition coefficient (Wildman–Crippen LogP) is 6.10. The number of oxazole rings is 1. The maximum Gasteiger partial charge on any atom is 0.181 e. The molecule has 2 aromatic heterocycles. The molecule has 2 aliphatic rings. The van der Waals surface area contributed by atoms with E-state index in [9.17, 15) is 0 Å². The Morgan fingerprint density at radius 2 is 1.87 bits per heavy atom. The lowest BCUT2D eigenvalue weighted by Crippen LogP contribution is -2.08. The summed E-state index contributed by atoms with van der Waals surface area (Å²) < 4.78 is 7.76. The maximum absolute atomic E-state index is 5.58. The minimum absolute atomic E-state index is 0.0832. The van der Waals surface area contributed by atoms with Gasteiger partial charge in [0, 0.05) is 11.1 Å². The Morgan fingerprint density at radius 1 is 1.03 bits per heavy atom. The van der Waals surface area contributed by atoms with Crippen LogP contribution < -0.4 is 0 Å². The third kappa shape index (κ3) is 3.03. The van der Waals surface area contributed by atoms with Gasteiger partial charge in [0.1, 0.15) is 12.0 Å². The van der Waals surface area contributed by atoms with Crippen LogP contribution in [0.2, 0.25) is 0 Å². The molecule has 0 bridgehead atoms. The zero-order chi connectivity index (χ0) is 20.8. The number of hydrogen-bond acceptors (Lipinski definition) is 4. The van der Waals surface area contributed by atoms with E-state index in [0.717, 1.165) is 28.4 Å². The van der Waals surface area contributed by atoms with E-state index in [1.54, 1.807) is 6.20 Å². The van der Waals surface area contributed by atoms with Crippen molar-refractivity contribution in [2.75, 3.05) is 0 Å². The molecule has 1 atom stereocenters. The summed E-state index contributed by atoms with van der Waals surface area (Å²) in [4.78, 5) is 14.0. The van der Waals surface area contributed by atoms with Gasteiger partial charge in [0.25, 0.3) is 0 Å². The Morgan fingerprint density at radius 3 is 2.65 bits per heavy atom. The first kappa shape index (κ1) is 18.3. The van der Waals surface area contributed by atoms with E-state index in [1.807, 2.05) is 6.33 Å². The fourth-order valence-electron chi connectivity index (χ4n) is 5.09. The van der Waals surface area contributed by atoms with Crippen LogP contribution in [0, 0.1) is 0 Å². The van der Waals surface area contributed by atoms with Gasteiger partial charge in [-0.3, -0.25) is 9.56 Å². The number of imidazole rings is 1. The molecule has 1 saturated carbocycles. The standard InChI is InChI=1S/C26H24N4O/c1-17-26-25(23-14-27-16-31-23)28-15-30(26)22-12-11-20(18-7-5-6-8-18)13-21(22)24(29-17)19-9-3-2-4-10-19/h2-4,9-18H,5-8H2,1H3/t17-/m1/s1. The van der Waals surface area contributed by atoms with E-state index in [-0.39, 0.29) is 6.04 Å². The summed E-state index contributed by atoms with van der Waals surface area (Å²) in [6, 6.07) is 17.3. The van der Waals surface area contributed by atoms with Gasteiger partial charge in [-0.25, -0.2) is 9.97 Å². The minimum Gasteiger partial charge on any atom is -0.442 e. The second-order valence-corrected chi connectivity index (χ2v) is 8.49. The smallest absolute Gasteiger partial charge is 0.181 e. The van der Waals surface area contributed by atoms with Gasteiger partial charge in [-0.2, -0.15) is 0 Å². The Kier molecular flexibility index (Phi) is 4.34. The predicted molar refractivity (Wildman–Crippen MR) is 121 cm³/mol. The van der Waals surface area contributed by atoms with E-state index in [1.165, 1.54) is 43.2 Å². The zero-order valence-corrected chi connectivity index (χ0v) is 17.5. The fraction of sp³-hybridized carbons (Fsp3) is 0.269. The Hall–Kier alpha value is -3.47. The molecule has 4 aromatic rings. The molecule has 0 N–H and O–H groups in total. The molecule has 3 heterocycles. The van der Waals surface area contributed by atoms with Crippen molar-refractivity contribution in [3.05, 3.63) is 89.8 Å². The second kappa shape index (κ2) is 7.34. The topological polar surface area (TPSA) is 56.2 Å².